The third kappa shape index (κ3) is 5.30. The largest absolute Gasteiger partial charge is 0.460 e. The molecule has 1 unspecified atom stereocenters. The Labute approximate surface area is 132 Å². The maximum Gasteiger partial charge on any atom is 0.322 e. The summed E-state index contributed by atoms with van der Waals surface area (Å²) in [6.07, 6.45) is 8.42. The number of hydrogen-bond acceptors (Lipinski definition) is 5. The van der Waals surface area contributed by atoms with Crippen molar-refractivity contribution in [1.82, 2.24) is 15.0 Å². The first kappa shape index (κ1) is 16.3. The van der Waals surface area contributed by atoms with Crippen molar-refractivity contribution in [2.45, 2.75) is 64.9 Å². The van der Waals surface area contributed by atoms with Crippen LogP contribution in [0.4, 0.5) is 5.95 Å². The van der Waals surface area contributed by atoms with E-state index in [9.17, 15) is 0 Å². The summed E-state index contributed by atoms with van der Waals surface area (Å²) in [6.45, 7) is 6.23. The highest BCUT2D eigenvalue weighted by atomic mass is 35.5. The molecular formula is C15H25ClN4O. The molecule has 1 aliphatic heterocycles. The Morgan fingerprint density at radius 2 is 1.90 bits per heavy atom. The van der Waals surface area contributed by atoms with Gasteiger partial charge in [0.05, 0.1) is 6.10 Å². The molecular weight excluding hydrogens is 288 g/mol. The highest BCUT2D eigenvalue weighted by molar-refractivity contribution is 6.28. The Balaban J connectivity index is 1.89. The molecule has 0 aromatic carbocycles. The molecule has 118 valence electrons. The summed E-state index contributed by atoms with van der Waals surface area (Å²) in [4.78, 5) is 14.8. The van der Waals surface area contributed by atoms with E-state index in [1.165, 1.54) is 38.5 Å². The van der Waals surface area contributed by atoms with E-state index in [0.29, 0.717) is 12.0 Å². The summed E-state index contributed by atoms with van der Waals surface area (Å²) in [5.41, 5.74) is 0. The molecule has 1 saturated heterocycles. The summed E-state index contributed by atoms with van der Waals surface area (Å²) in [6, 6.07) is 0.347. The molecule has 0 N–H and O–H groups in total. The van der Waals surface area contributed by atoms with Crippen LogP contribution in [-0.2, 0) is 0 Å². The summed E-state index contributed by atoms with van der Waals surface area (Å²) < 4.78 is 5.80. The fraction of sp³-hybridized carbons (Fsp3) is 0.800. The molecule has 5 nitrogen and oxygen atoms in total. The van der Waals surface area contributed by atoms with Crippen LogP contribution in [0, 0.1) is 0 Å². The first-order chi connectivity index (χ1) is 10.2. The average Bonchev–Trinajstić information content (AvgIpc) is 2.97. The van der Waals surface area contributed by atoms with Gasteiger partial charge in [0, 0.05) is 13.1 Å². The normalized spacial score (nSPS) is 16.2. The Morgan fingerprint density at radius 3 is 2.62 bits per heavy atom. The van der Waals surface area contributed by atoms with Crippen LogP contribution < -0.4 is 9.64 Å². The predicted molar refractivity (Wildman–Crippen MR) is 85.1 cm³/mol. The monoisotopic (exact) mass is 312 g/mol. The van der Waals surface area contributed by atoms with Crippen molar-refractivity contribution in [2.24, 2.45) is 0 Å². The number of ether oxygens (including phenoxy) is 1. The number of aromatic nitrogens is 3. The second-order valence-corrected chi connectivity index (χ2v) is 6.00. The number of halogens is 1. The van der Waals surface area contributed by atoms with Gasteiger partial charge in [-0.25, -0.2) is 0 Å². The van der Waals surface area contributed by atoms with Crippen LogP contribution in [0.1, 0.15) is 58.8 Å². The fourth-order valence-corrected chi connectivity index (χ4v) is 2.68. The molecule has 2 rings (SSSR count). The van der Waals surface area contributed by atoms with Gasteiger partial charge in [-0.3, -0.25) is 0 Å². The van der Waals surface area contributed by atoms with Gasteiger partial charge in [0.15, 0.2) is 0 Å². The van der Waals surface area contributed by atoms with Crippen LogP contribution in [0.15, 0.2) is 0 Å². The molecule has 6 heteroatoms. The minimum absolute atomic E-state index is 0.103. The lowest BCUT2D eigenvalue weighted by Crippen LogP contribution is -2.22. The molecule has 21 heavy (non-hydrogen) atoms. The zero-order valence-corrected chi connectivity index (χ0v) is 13.8. The SMILES string of the molecule is CCCCCCC(C)Oc1nc(Cl)nc(N2CCCC2)n1. The van der Waals surface area contributed by atoms with E-state index in [1.54, 1.807) is 0 Å². The minimum Gasteiger partial charge on any atom is -0.460 e. The smallest absolute Gasteiger partial charge is 0.322 e. The van der Waals surface area contributed by atoms with Gasteiger partial charge in [0.2, 0.25) is 11.2 Å². The second-order valence-electron chi connectivity index (χ2n) is 5.66. The van der Waals surface area contributed by atoms with E-state index in [-0.39, 0.29) is 11.4 Å². The molecule has 0 bridgehead atoms. The van der Waals surface area contributed by atoms with Gasteiger partial charge in [-0.15, -0.1) is 0 Å². The van der Waals surface area contributed by atoms with E-state index >= 15 is 0 Å². The third-order valence-corrected chi connectivity index (χ3v) is 3.90. The van der Waals surface area contributed by atoms with E-state index in [1.807, 2.05) is 0 Å². The van der Waals surface area contributed by atoms with Gasteiger partial charge >= 0.3 is 6.01 Å². The molecule has 1 atom stereocenters. The summed E-state index contributed by atoms with van der Waals surface area (Å²) >= 11 is 5.99. The van der Waals surface area contributed by atoms with Crippen molar-refractivity contribution in [3.8, 4) is 6.01 Å². The van der Waals surface area contributed by atoms with Gasteiger partial charge in [0.1, 0.15) is 0 Å². The first-order valence-electron chi connectivity index (χ1n) is 8.02. The first-order valence-corrected chi connectivity index (χ1v) is 8.40. The van der Waals surface area contributed by atoms with Crippen LogP contribution in [0.5, 0.6) is 6.01 Å². The van der Waals surface area contributed by atoms with Crippen LogP contribution in [0.2, 0.25) is 5.28 Å². The number of unbranched alkanes of at least 4 members (excludes halogenated alkanes) is 3. The lowest BCUT2D eigenvalue weighted by atomic mass is 10.1. The summed E-state index contributed by atoms with van der Waals surface area (Å²) in [7, 11) is 0. The van der Waals surface area contributed by atoms with Crippen LogP contribution in [-0.4, -0.2) is 34.1 Å². The molecule has 0 saturated carbocycles. The van der Waals surface area contributed by atoms with Crippen LogP contribution in [0.3, 0.4) is 0 Å². The maximum atomic E-state index is 5.99. The van der Waals surface area contributed by atoms with E-state index < -0.39 is 0 Å². The van der Waals surface area contributed by atoms with Crippen molar-refractivity contribution in [2.75, 3.05) is 18.0 Å². The number of anilines is 1. The van der Waals surface area contributed by atoms with Crippen molar-refractivity contribution < 1.29 is 4.74 Å². The molecule has 1 fully saturated rings. The zero-order chi connectivity index (χ0) is 15.1. The minimum atomic E-state index is 0.103. The standard InChI is InChI=1S/C15H25ClN4O/c1-3-4-5-6-9-12(2)21-15-18-13(16)17-14(19-15)20-10-7-8-11-20/h12H,3-11H2,1-2H3. The maximum absolute atomic E-state index is 5.99. The molecule has 0 amide bonds. The van der Waals surface area contributed by atoms with E-state index in [4.69, 9.17) is 16.3 Å². The molecule has 0 spiro atoms. The van der Waals surface area contributed by atoms with Crippen LogP contribution in [0.25, 0.3) is 0 Å². The van der Waals surface area contributed by atoms with Crippen molar-refractivity contribution in [1.29, 1.82) is 0 Å². The highest BCUT2D eigenvalue weighted by Gasteiger charge is 2.18. The van der Waals surface area contributed by atoms with Gasteiger partial charge in [-0.05, 0) is 44.2 Å². The highest BCUT2D eigenvalue weighted by Crippen LogP contribution is 2.20. The quantitative estimate of drug-likeness (QED) is 0.682. The Kier molecular flexibility index (Phi) is 6.49. The molecule has 1 aromatic heterocycles. The molecule has 0 aliphatic carbocycles. The van der Waals surface area contributed by atoms with Gasteiger partial charge in [-0.2, -0.15) is 15.0 Å². The van der Waals surface area contributed by atoms with Gasteiger partial charge < -0.3 is 9.64 Å². The molecule has 1 aliphatic rings. The lowest BCUT2D eigenvalue weighted by Gasteiger charge is -2.17. The van der Waals surface area contributed by atoms with Crippen molar-refractivity contribution >= 4 is 17.5 Å². The number of nitrogens with zero attached hydrogens (tertiary/aromatic N) is 4. The Morgan fingerprint density at radius 1 is 1.14 bits per heavy atom. The van der Waals surface area contributed by atoms with E-state index in [2.05, 4.69) is 33.7 Å². The fourth-order valence-electron chi connectivity index (χ4n) is 2.53. The average molecular weight is 313 g/mol. The molecule has 2 heterocycles. The summed E-state index contributed by atoms with van der Waals surface area (Å²) in [5.74, 6) is 0.640. The Hall–Kier alpha value is -1.10. The zero-order valence-electron chi connectivity index (χ0n) is 13.0. The molecule has 0 radical (unpaired) electrons. The number of hydrogen-bond donors (Lipinski definition) is 0. The van der Waals surface area contributed by atoms with Crippen molar-refractivity contribution in [3.05, 3.63) is 5.28 Å². The van der Waals surface area contributed by atoms with E-state index in [0.717, 1.165) is 19.5 Å². The lowest BCUT2D eigenvalue weighted by molar-refractivity contribution is 0.189. The van der Waals surface area contributed by atoms with Gasteiger partial charge in [0.25, 0.3) is 0 Å². The Bertz CT molecular complexity index is 438. The van der Waals surface area contributed by atoms with Gasteiger partial charge in [-0.1, -0.05) is 26.2 Å². The summed E-state index contributed by atoms with van der Waals surface area (Å²) in [5, 5.41) is 0.208. The van der Waals surface area contributed by atoms with Crippen molar-refractivity contribution in [3.63, 3.8) is 0 Å². The second kappa shape index (κ2) is 8.37. The topological polar surface area (TPSA) is 51.1 Å². The molecule has 1 aromatic rings. The predicted octanol–water partition coefficient (Wildman–Crippen LogP) is 3.86. The third-order valence-electron chi connectivity index (χ3n) is 3.74. The van der Waals surface area contributed by atoms with Crippen LogP contribution >= 0.6 is 11.6 Å². The number of rotatable bonds is 8.